The molecule has 2 heterocycles. The maximum atomic E-state index is 13.2. The minimum atomic E-state index is -0.625. The Morgan fingerprint density at radius 3 is 2.68 bits per heavy atom. The molecule has 0 bridgehead atoms. The van der Waals surface area contributed by atoms with E-state index in [0.717, 1.165) is 6.54 Å². The van der Waals surface area contributed by atoms with Crippen molar-refractivity contribution in [3.05, 3.63) is 11.9 Å². The van der Waals surface area contributed by atoms with Gasteiger partial charge in [0.15, 0.2) is 5.69 Å². The molecule has 3 amide bonds. The number of hydrogen-bond donors (Lipinski definition) is 2. The first-order valence-electron chi connectivity index (χ1n) is 11.0. The average Bonchev–Trinajstić information content (AvgIpc) is 3.43. The molecule has 1 aliphatic heterocycles. The lowest BCUT2D eigenvalue weighted by atomic mass is 9.85. The Morgan fingerprint density at radius 2 is 2.03 bits per heavy atom. The second kappa shape index (κ2) is 9.76. The number of amides is 3. The molecule has 1 aromatic heterocycles. The van der Waals surface area contributed by atoms with Crippen molar-refractivity contribution in [2.45, 2.75) is 65.6 Å². The van der Waals surface area contributed by atoms with Crippen LogP contribution in [0.1, 0.15) is 57.4 Å². The highest BCUT2D eigenvalue weighted by Crippen LogP contribution is 2.30. The van der Waals surface area contributed by atoms with E-state index < -0.39 is 11.5 Å². The Hall–Kier alpha value is -2.49. The van der Waals surface area contributed by atoms with Gasteiger partial charge in [0.2, 0.25) is 11.8 Å². The summed E-state index contributed by atoms with van der Waals surface area (Å²) in [4.78, 5) is 39.0. The third-order valence-corrected chi connectivity index (χ3v) is 5.53. The van der Waals surface area contributed by atoms with E-state index >= 15 is 0 Å². The zero-order chi connectivity index (χ0) is 22.6. The first-order valence-corrected chi connectivity index (χ1v) is 11.0. The number of carbonyl (C=O) groups is 3. The van der Waals surface area contributed by atoms with Gasteiger partial charge in [-0.15, -0.1) is 5.10 Å². The van der Waals surface area contributed by atoms with Crippen LogP contribution in [0.5, 0.6) is 0 Å². The number of carbonyl (C=O) groups excluding carboxylic acids is 3. The summed E-state index contributed by atoms with van der Waals surface area (Å²) in [6, 6.07) is -0.625. The lowest BCUT2D eigenvalue weighted by molar-refractivity contribution is -0.139. The first-order chi connectivity index (χ1) is 14.6. The zero-order valence-corrected chi connectivity index (χ0v) is 18.9. The predicted octanol–water partition coefficient (Wildman–Crippen LogP) is 0.586. The Bertz CT molecular complexity index is 798. The fraction of sp³-hybridized carbons (Fsp3) is 0.762. The molecule has 0 spiro atoms. The molecule has 1 unspecified atom stereocenters. The minimum Gasteiger partial charge on any atom is -0.374 e. The molecule has 1 aromatic rings. The highest BCUT2D eigenvalue weighted by Gasteiger charge is 2.36. The number of nitrogens with one attached hydrogen (secondary N) is 2. The van der Waals surface area contributed by atoms with Crippen molar-refractivity contribution in [2.75, 3.05) is 26.2 Å². The maximum Gasteiger partial charge on any atom is 0.273 e. The second-order valence-corrected chi connectivity index (χ2v) is 9.61. The number of ether oxygens (including phenoxy) is 1. The number of rotatable bonds is 7. The van der Waals surface area contributed by atoms with Gasteiger partial charge in [-0.2, -0.15) is 0 Å². The van der Waals surface area contributed by atoms with E-state index in [1.807, 2.05) is 20.8 Å². The van der Waals surface area contributed by atoms with Crippen LogP contribution in [0.25, 0.3) is 0 Å². The molecule has 2 atom stereocenters. The van der Waals surface area contributed by atoms with Crippen molar-refractivity contribution in [3.63, 3.8) is 0 Å². The Kier molecular flexibility index (Phi) is 7.30. The van der Waals surface area contributed by atoms with Gasteiger partial charge >= 0.3 is 0 Å². The van der Waals surface area contributed by atoms with Crippen LogP contribution in [0.15, 0.2) is 6.20 Å². The summed E-state index contributed by atoms with van der Waals surface area (Å²) in [7, 11) is 0. The third kappa shape index (κ3) is 6.75. The van der Waals surface area contributed by atoms with Crippen molar-refractivity contribution in [2.24, 2.45) is 11.3 Å². The van der Waals surface area contributed by atoms with Crippen LogP contribution in [0.3, 0.4) is 0 Å². The van der Waals surface area contributed by atoms with Crippen molar-refractivity contribution in [3.8, 4) is 0 Å². The van der Waals surface area contributed by atoms with Gasteiger partial charge < -0.3 is 20.3 Å². The molecule has 2 aliphatic rings. The normalized spacial score (nSPS) is 20.6. The monoisotopic (exact) mass is 434 g/mol. The lowest BCUT2D eigenvalue weighted by Gasteiger charge is -2.35. The predicted molar refractivity (Wildman–Crippen MR) is 113 cm³/mol. The highest BCUT2D eigenvalue weighted by atomic mass is 16.5. The van der Waals surface area contributed by atoms with Gasteiger partial charge in [-0.1, -0.05) is 26.0 Å². The van der Waals surface area contributed by atoms with Gasteiger partial charge in [0.25, 0.3) is 5.91 Å². The fourth-order valence-corrected chi connectivity index (χ4v) is 3.61. The van der Waals surface area contributed by atoms with E-state index in [9.17, 15) is 14.4 Å². The lowest BCUT2D eigenvalue weighted by Crippen LogP contribution is -2.55. The van der Waals surface area contributed by atoms with Gasteiger partial charge in [0.05, 0.1) is 12.3 Å². The van der Waals surface area contributed by atoms with E-state index in [1.165, 1.54) is 19.8 Å². The van der Waals surface area contributed by atoms with Crippen LogP contribution >= 0.6 is 0 Å². The van der Waals surface area contributed by atoms with Gasteiger partial charge in [-0.3, -0.25) is 19.1 Å². The molecule has 2 N–H and O–H groups in total. The summed E-state index contributed by atoms with van der Waals surface area (Å²) in [5.74, 6) is -0.0287. The van der Waals surface area contributed by atoms with Crippen LogP contribution in [0.4, 0.5) is 0 Å². The number of nitrogens with zero attached hydrogens (tertiary/aromatic N) is 4. The average molecular weight is 435 g/mol. The SMILES string of the molecule is CC(=O)N[C@H](C(=O)N1CCCOC(CNC(=O)c2cn(CC3CC3)nn2)C1)C(C)(C)C. The molecule has 3 rings (SSSR count). The second-order valence-electron chi connectivity index (χ2n) is 9.61. The summed E-state index contributed by atoms with van der Waals surface area (Å²) in [5, 5.41) is 13.6. The minimum absolute atomic E-state index is 0.132. The van der Waals surface area contributed by atoms with Gasteiger partial charge in [-0.25, -0.2) is 0 Å². The molecular formula is C21H34N6O4. The molecule has 31 heavy (non-hydrogen) atoms. The molecule has 0 radical (unpaired) electrons. The Morgan fingerprint density at radius 1 is 1.29 bits per heavy atom. The summed E-state index contributed by atoms with van der Waals surface area (Å²) in [5.41, 5.74) is -0.146. The summed E-state index contributed by atoms with van der Waals surface area (Å²) >= 11 is 0. The van der Waals surface area contributed by atoms with Crippen molar-refractivity contribution in [1.29, 1.82) is 0 Å². The molecule has 172 valence electrons. The molecule has 10 heteroatoms. The zero-order valence-electron chi connectivity index (χ0n) is 18.9. The van der Waals surface area contributed by atoms with E-state index in [1.54, 1.807) is 15.8 Å². The molecular weight excluding hydrogens is 400 g/mol. The molecule has 1 saturated heterocycles. The Labute approximate surface area is 183 Å². The highest BCUT2D eigenvalue weighted by molar-refractivity contribution is 5.91. The Balaban J connectivity index is 1.56. The van der Waals surface area contributed by atoms with E-state index in [4.69, 9.17) is 4.74 Å². The van der Waals surface area contributed by atoms with Gasteiger partial charge in [0, 0.05) is 39.7 Å². The first kappa shape index (κ1) is 23.2. The van der Waals surface area contributed by atoms with Gasteiger partial charge in [-0.05, 0) is 30.6 Å². The molecule has 0 aromatic carbocycles. The van der Waals surface area contributed by atoms with Crippen molar-refractivity contribution < 1.29 is 19.1 Å². The van der Waals surface area contributed by atoms with Crippen LogP contribution in [-0.4, -0.2) is 76.0 Å². The largest absolute Gasteiger partial charge is 0.374 e. The van der Waals surface area contributed by atoms with E-state index in [-0.39, 0.29) is 36.1 Å². The number of aromatic nitrogens is 3. The standard InChI is InChI=1S/C21H34N6O4/c1-14(28)23-18(21(2,3)4)20(30)26-8-5-9-31-16(12-26)10-22-19(29)17-13-27(25-24-17)11-15-6-7-15/h13,15-16,18H,5-12H2,1-4H3,(H,22,29)(H,23,28)/t16?,18-/m1/s1. The van der Waals surface area contributed by atoms with Crippen LogP contribution in [0, 0.1) is 11.3 Å². The molecule has 10 nitrogen and oxygen atoms in total. The molecule has 1 saturated carbocycles. The van der Waals surface area contributed by atoms with Crippen molar-refractivity contribution in [1.82, 2.24) is 30.5 Å². The summed E-state index contributed by atoms with van der Waals surface area (Å²) < 4.78 is 7.56. The van der Waals surface area contributed by atoms with Crippen LogP contribution < -0.4 is 10.6 Å². The van der Waals surface area contributed by atoms with Crippen LogP contribution in [-0.2, 0) is 20.9 Å². The summed E-state index contributed by atoms with van der Waals surface area (Å²) in [6.45, 7) is 9.64. The topological polar surface area (TPSA) is 118 Å². The van der Waals surface area contributed by atoms with Crippen LogP contribution in [0.2, 0.25) is 0 Å². The molecule has 2 fully saturated rings. The summed E-state index contributed by atoms with van der Waals surface area (Å²) in [6.07, 6.45) is 4.43. The quantitative estimate of drug-likeness (QED) is 0.648. The van der Waals surface area contributed by atoms with Gasteiger partial charge in [0.1, 0.15) is 6.04 Å². The van der Waals surface area contributed by atoms with Crippen molar-refractivity contribution >= 4 is 17.7 Å². The smallest absolute Gasteiger partial charge is 0.273 e. The fourth-order valence-electron chi connectivity index (χ4n) is 3.61. The van der Waals surface area contributed by atoms with E-state index in [2.05, 4.69) is 20.9 Å². The third-order valence-electron chi connectivity index (χ3n) is 5.53. The van der Waals surface area contributed by atoms with E-state index in [0.29, 0.717) is 32.0 Å². The maximum absolute atomic E-state index is 13.2. The molecule has 1 aliphatic carbocycles. The number of hydrogen-bond acceptors (Lipinski definition) is 6.